The van der Waals surface area contributed by atoms with Gasteiger partial charge < -0.3 is 18.6 Å². The number of rotatable bonds is 8. The third-order valence-corrected chi connectivity index (χ3v) is 5.82. The van der Waals surface area contributed by atoms with Gasteiger partial charge in [0.1, 0.15) is 28.1 Å². The van der Waals surface area contributed by atoms with Crippen LogP contribution in [0.1, 0.15) is 22.2 Å². The van der Waals surface area contributed by atoms with Gasteiger partial charge in [-0.25, -0.2) is 17.9 Å². The predicted octanol–water partition coefficient (Wildman–Crippen LogP) is 2.89. The van der Waals surface area contributed by atoms with Crippen LogP contribution in [0.25, 0.3) is 11.0 Å². The third kappa shape index (κ3) is 4.42. The van der Waals surface area contributed by atoms with E-state index in [1.807, 2.05) is 24.3 Å². The van der Waals surface area contributed by atoms with Crippen LogP contribution in [0.3, 0.4) is 0 Å². The molecule has 0 aliphatic heterocycles. The number of hydrogen-bond acceptors (Lipinski definition) is 7. The summed E-state index contributed by atoms with van der Waals surface area (Å²) in [7, 11) is 0.0115. The highest BCUT2D eigenvalue weighted by Gasteiger charge is 2.25. The van der Waals surface area contributed by atoms with E-state index in [0.29, 0.717) is 11.3 Å². The molecule has 3 rings (SSSR count). The van der Waals surface area contributed by atoms with E-state index in [4.69, 9.17) is 13.9 Å². The monoisotopic (exact) mass is 419 g/mol. The Kier molecular flexibility index (Phi) is 6.21. The molecule has 29 heavy (non-hydrogen) atoms. The number of ether oxygens (including phenoxy) is 3. The van der Waals surface area contributed by atoms with Gasteiger partial charge in [-0.05, 0) is 30.3 Å². The van der Waals surface area contributed by atoms with E-state index in [-0.39, 0.29) is 22.8 Å². The zero-order chi connectivity index (χ0) is 21.0. The number of fused-ring (bicyclic) bond motifs is 1. The molecule has 3 aromatic rings. The summed E-state index contributed by atoms with van der Waals surface area (Å²) in [6.45, 7) is -0.0791. The first-order chi connectivity index (χ1) is 13.9. The number of para-hydroxylation sites is 1. The number of nitrogens with one attached hydrogen (secondary N) is 1. The Bertz CT molecular complexity index is 1090. The molecule has 0 aliphatic carbocycles. The Hall–Kier alpha value is -2.88. The van der Waals surface area contributed by atoms with Gasteiger partial charge in [-0.2, -0.15) is 0 Å². The van der Waals surface area contributed by atoms with Crippen molar-refractivity contribution in [3.05, 3.63) is 59.9 Å². The summed E-state index contributed by atoms with van der Waals surface area (Å²) in [6, 6.07) is 13.3. The SMILES string of the molecule is COC(=O)c1ccc(OC)c(S(=O)(=O)NCC(OC)c2cc3ccccc3o2)c1. The number of sulfonamides is 1. The van der Waals surface area contributed by atoms with Gasteiger partial charge in [-0.3, -0.25) is 0 Å². The highest BCUT2D eigenvalue weighted by atomic mass is 32.2. The molecular formula is C20H21NO7S. The van der Waals surface area contributed by atoms with E-state index in [1.54, 1.807) is 6.07 Å². The van der Waals surface area contributed by atoms with Crippen molar-refractivity contribution in [2.75, 3.05) is 27.9 Å². The molecule has 2 aromatic carbocycles. The van der Waals surface area contributed by atoms with Crippen LogP contribution in [-0.2, 0) is 19.5 Å². The van der Waals surface area contributed by atoms with Crippen LogP contribution in [0.2, 0.25) is 0 Å². The van der Waals surface area contributed by atoms with E-state index in [9.17, 15) is 13.2 Å². The fourth-order valence-electron chi connectivity index (χ4n) is 2.86. The molecule has 0 amide bonds. The largest absolute Gasteiger partial charge is 0.495 e. The van der Waals surface area contributed by atoms with Gasteiger partial charge in [-0.1, -0.05) is 18.2 Å². The van der Waals surface area contributed by atoms with Crippen LogP contribution in [0, 0.1) is 0 Å². The molecule has 0 aliphatic rings. The lowest BCUT2D eigenvalue weighted by molar-refractivity contribution is 0.0600. The maximum absolute atomic E-state index is 12.9. The van der Waals surface area contributed by atoms with Crippen LogP contribution in [0.15, 0.2) is 57.8 Å². The molecule has 0 fully saturated rings. The summed E-state index contributed by atoms with van der Waals surface area (Å²) in [4.78, 5) is 11.6. The first kappa shape index (κ1) is 20.8. The second-order valence-electron chi connectivity index (χ2n) is 6.12. The predicted molar refractivity (Wildman–Crippen MR) is 105 cm³/mol. The van der Waals surface area contributed by atoms with Crippen LogP contribution in [0.4, 0.5) is 0 Å². The standard InChI is InChI=1S/C20H21NO7S/c1-25-16-9-8-14(20(22)27-3)11-19(16)29(23,24)21-12-18(26-2)17-10-13-6-4-5-7-15(13)28-17/h4-11,18,21H,12H2,1-3H3. The number of hydrogen-bond donors (Lipinski definition) is 1. The molecule has 1 unspecified atom stereocenters. The number of methoxy groups -OCH3 is 3. The van der Waals surface area contributed by atoms with Crippen molar-refractivity contribution >= 4 is 27.0 Å². The van der Waals surface area contributed by atoms with Crippen molar-refractivity contribution in [3.8, 4) is 5.75 Å². The van der Waals surface area contributed by atoms with Crippen molar-refractivity contribution in [2.24, 2.45) is 0 Å². The molecule has 0 radical (unpaired) electrons. The number of esters is 1. The molecule has 0 saturated carbocycles. The fourth-order valence-corrected chi connectivity index (χ4v) is 4.08. The van der Waals surface area contributed by atoms with Gasteiger partial charge in [0.25, 0.3) is 0 Å². The maximum Gasteiger partial charge on any atom is 0.337 e. The number of furan rings is 1. The minimum atomic E-state index is -4.01. The summed E-state index contributed by atoms with van der Waals surface area (Å²) in [5.74, 6) is -0.0596. The molecule has 0 saturated heterocycles. The minimum Gasteiger partial charge on any atom is -0.495 e. The Balaban J connectivity index is 1.85. The first-order valence-electron chi connectivity index (χ1n) is 8.67. The molecule has 8 nitrogen and oxygen atoms in total. The topological polar surface area (TPSA) is 104 Å². The molecule has 1 N–H and O–H groups in total. The Labute approximate surface area is 168 Å². The summed E-state index contributed by atoms with van der Waals surface area (Å²) in [5.41, 5.74) is 0.772. The highest BCUT2D eigenvalue weighted by molar-refractivity contribution is 7.89. The second-order valence-corrected chi connectivity index (χ2v) is 7.86. The van der Waals surface area contributed by atoms with Crippen molar-refractivity contribution in [1.82, 2.24) is 4.72 Å². The fraction of sp³-hybridized carbons (Fsp3) is 0.250. The van der Waals surface area contributed by atoms with E-state index in [0.717, 1.165) is 5.39 Å². The molecule has 0 spiro atoms. The molecule has 0 bridgehead atoms. The van der Waals surface area contributed by atoms with Gasteiger partial charge in [0.2, 0.25) is 10.0 Å². The number of benzene rings is 2. The van der Waals surface area contributed by atoms with E-state index < -0.39 is 22.1 Å². The summed E-state index contributed by atoms with van der Waals surface area (Å²) in [6.07, 6.45) is -0.646. The van der Waals surface area contributed by atoms with E-state index in [2.05, 4.69) is 9.46 Å². The van der Waals surface area contributed by atoms with E-state index >= 15 is 0 Å². The summed E-state index contributed by atoms with van der Waals surface area (Å²) < 4.78 is 49.2. The second kappa shape index (κ2) is 8.64. The van der Waals surface area contributed by atoms with Crippen LogP contribution in [-0.4, -0.2) is 42.3 Å². The smallest absolute Gasteiger partial charge is 0.337 e. The Morgan fingerprint density at radius 2 is 1.86 bits per heavy atom. The van der Waals surface area contributed by atoms with E-state index in [1.165, 1.54) is 39.5 Å². The molecule has 1 aromatic heterocycles. The third-order valence-electron chi connectivity index (χ3n) is 4.38. The lowest BCUT2D eigenvalue weighted by Gasteiger charge is -2.16. The normalized spacial score (nSPS) is 12.7. The first-order valence-corrected chi connectivity index (χ1v) is 10.1. The zero-order valence-electron chi connectivity index (χ0n) is 16.2. The van der Waals surface area contributed by atoms with Gasteiger partial charge >= 0.3 is 5.97 Å². The van der Waals surface area contributed by atoms with Crippen LogP contribution in [0.5, 0.6) is 5.75 Å². The summed E-state index contributed by atoms with van der Waals surface area (Å²) >= 11 is 0. The number of carbonyl (C=O) groups is 1. The van der Waals surface area contributed by atoms with Gasteiger partial charge in [0, 0.05) is 19.0 Å². The van der Waals surface area contributed by atoms with Crippen LogP contribution < -0.4 is 9.46 Å². The Morgan fingerprint density at radius 3 is 2.52 bits per heavy atom. The average molecular weight is 419 g/mol. The van der Waals surface area contributed by atoms with Crippen molar-refractivity contribution in [1.29, 1.82) is 0 Å². The summed E-state index contributed by atoms with van der Waals surface area (Å²) in [5, 5.41) is 0.889. The molecule has 1 heterocycles. The molecule has 9 heteroatoms. The molecule has 1 atom stereocenters. The Morgan fingerprint density at radius 1 is 1.10 bits per heavy atom. The van der Waals surface area contributed by atoms with Crippen molar-refractivity contribution in [3.63, 3.8) is 0 Å². The lowest BCUT2D eigenvalue weighted by atomic mass is 10.2. The molecular weight excluding hydrogens is 398 g/mol. The van der Waals surface area contributed by atoms with Crippen LogP contribution >= 0.6 is 0 Å². The molecule has 154 valence electrons. The van der Waals surface area contributed by atoms with Crippen molar-refractivity contribution < 1.29 is 31.8 Å². The van der Waals surface area contributed by atoms with Gasteiger partial charge in [-0.15, -0.1) is 0 Å². The van der Waals surface area contributed by atoms with Gasteiger partial charge in [0.15, 0.2) is 0 Å². The quantitative estimate of drug-likeness (QED) is 0.560. The zero-order valence-corrected chi connectivity index (χ0v) is 17.0. The minimum absolute atomic E-state index is 0.0791. The maximum atomic E-state index is 12.9. The van der Waals surface area contributed by atoms with Gasteiger partial charge in [0.05, 0.1) is 19.8 Å². The lowest BCUT2D eigenvalue weighted by Crippen LogP contribution is -2.29. The number of carbonyl (C=O) groups excluding carboxylic acids is 1. The average Bonchev–Trinajstić information content (AvgIpc) is 3.17. The highest BCUT2D eigenvalue weighted by Crippen LogP contribution is 2.28. The van der Waals surface area contributed by atoms with Crippen molar-refractivity contribution in [2.45, 2.75) is 11.0 Å².